The highest BCUT2D eigenvalue weighted by molar-refractivity contribution is 9.10. The molecule has 0 aliphatic carbocycles. The Bertz CT molecular complexity index is 441. The summed E-state index contributed by atoms with van der Waals surface area (Å²) in [4.78, 5) is 18.2. The maximum Gasteiger partial charge on any atom is 0.272 e. The Morgan fingerprint density at radius 2 is 2.44 bits per heavy atom. The van der Waals surface area contributed by atoms with Crippen molar-refractivity contribution >= 4 is 21.8 Å². The van der Waals surface area contributed by atoms with Crippen LogP contribution < -0.4 is 0 Å². The second-order valence-corrected chi connectivity index (χ2v) is 5.10. The first-order valence-corrected chi connectivity index (χ1v) is 6.57. The van der Waals surface area contributed by atoms with Crippen LogP contribution in [0.2, 0.25) is 0 Å². The molecule has 1 amide bonds. The molecule has 0 bridgehead atoms. The first kappa shape index (κ1) is 13.5. The van der Waals surface area contributed by atoms with Crippen LogP contribution in [0.25, 0.3) is 0 Å². The van der Waals surface area contributed by atoms with E-state index in [0.29, 0.717) is 23.4 Å². The molecule has 1 N–H and O–H groups in total. The number of aromatic nitrogens is 1. The van der Waals surface area contributed by atoms with Crippen LogP contribution in [0.1, 0.15) is 17.4 Å². The fourth-order valence-electron chi connectivity index (χ4n) is 1.89. The van der Waals surface area contributed by atoms with Gasteiger partial charge in [-0.1, -0.05) is 6.07 Å². The highest BCUT2D eigenvalue weighted by atomic mass is 79.9. The third kappa shape index (κ3) is 2.88. The zero-order valence-electron chi connectivity index (χ0n) is 10.0. The highest BCUT2D eigenvalue weighted by Crippen LogP contribution is 2.16. The van der Waals surface area contributed by atoms with Crippen LogP contribution in [-0.4, -0.2) is 52.8 Å². The van der Waals surface area contributed by atoms with Gasteiger partial charge in [0.1, 0.15) is 10.3 Å². The summed E-state index contributed by atoms with van der Waals surface area (Å²) in [5, 5.41) is 9.11. The van der Waals surface area contributed by atoms with Gasteiger partial charge in [0.05, 0.1) is 25.4 Å². The van der Waals surface area contributed by atoms with Gasteiger partial charge in [0.25, 0.3) is 5.91 Å². The first-order chi connectivity index (χ1) is 8.61. The molecule has 1 saturated heterocycles. The summed E-state index contributed by atoms with van der Waals surface area (Å²) in [6.07, 6.45) is -0.308. The van der Waals surface area contributed by atoms with Crippen molar-refractivity contribution in [2.75, 3.05) is 19.8 Å². The molecule has 1 fully saturated rings. The molecule has 1 aliphatic heterocycles. The Hall–Kier alpha value is -0.980. The van der Waals surface area contributed by atoms with Crippen molar-refractivity contribution in [3.63, 3.8) is 0 Å². The smallest absolute Gasteiger partial charge is 0.272 e. The van der Waals surface area contributed by atoms with Gasteiger partial charge in [0, 0.05) is 6.54 Å². The first-order valence-electron chi connectivity index (χ1n) is 5.78. The molecule has 2 rings (SSSR count). The molecule has 0 spiro atoms. The van der Waals surface area contributed by atoms with Crippen molar-refractivity contribution in [1.29, 1.82) is 0 Å². The summed E-state index contributed by atoms with van der Waals surface area (Å²) in [6.45, 7) is 2.67. The second kappa shape index (κ2) is 5.77. The van der Waals surface area contributed by atoms with Crippen molar-refractivity contribution in [1.82, 2.24) is 9.88 Å². The number of carbonyl (C=O) groups is 1. The molecule has 18 heavy (non-hydrogen) atoms. The van der Waals surface area contributed by atoms with Crippen molar-refractivity contribution in [3.8, 4) is 0 Å². The van der Waals surface area contributed by atoms with Crippen molar-refractivity contribution in [3.05, 3.63) is 28.5 Å². The topological polar surface area (TPSA) is 62.7 Å². The minimum Gasteiger partial charge on any atom is -0.394 e. The molecule has 1 aromatic heterocycles. The predicted molar refractivity (Wildman–Crippen MR) is 69.3 cm³/mol. The molecule has 1 aliphatic rings. The number of aliphatic hydroxyl groups is 1. The van der Waals surface area contributed by atoms with Gasteiger partial charge in [-0.05, 0) is 35.0 Å². The molecule has 0 aromatic carbocycles. The number of amides is 1. The van der Waals surface area contributed by atoms with Crippen molar-refractivity contribution < 1.29 is 14.6 Å². The molecule has 2 unspecified atom stereocenters. The lowest BCUT2D eigenvalue weighted by molar-refractivity contribution is -0.0668. The van der Waals surface area contributed by atoms with Gasteiger partial charge >= 0.3 is 0 Å². The summed E-state index contributed by atoms with van der Waals surface area (Å²) in [7, 11) is 0. The zero-order chi connectivity index (χ0) is 13.1. The van der Waals surface area contributed by atoms with Crippen LogP contribution in [0.15, 0.2) is 22.8 Å². The van der Waals surface area contributed by atoms with E-state index in [1.807, 2.05) is 6.92 Å². The molecule has 2 heterocycles. The number of hydrogen-bond donors (Lipinski definition) is 1. The van der Waals surface area contributed by atoms with E-state index in [9.17, 15) is 4.79 Å². The van der Waals surface area contributed by atoms with E-state index in [-0.39, 0.29) is 24.7 Å². The number of halogens is 1. The Morgan fingerprint density at radius 3 is 3.11 bits per heavy atom. The standard InChI is InChI=1S/C12H15BrN2O3/c1-8-7-18-9(6-16)5-15(8)12(17)10-3-2-4-11(13)14-10/h2-4,8-9,16H,5-7H2,1H3. The Labute approximate surface area is 114 Å². The van der Waals surface area contributed by atoms with Gasteiger partial charge in [-0.15, -0.1) is 0 Å². The van der Waals surface area contributed by atoms with E-state index in [0.717, 1.165) is 0 Å². The SMILES string of the molecule is CC1COC(CO)CN1C(=O)c1cccc(Br)n1. The predicted octanol–water partition coefficient (Wildman–Crippen LogP) is 1.07. The summed E-state index contributed by atoms with van der Waals surface area (Å²) in [5.74, 6) is -0.134. The van der Waals surface area contributed by atoms with Crippen molar-refractivity contribution in [2.45, 2.75) is 19.1 Å². The maximum absolute atomic E-state index is 12.3. The maximum atomic E-state index is 12.3. The molecule has 98 valence electrons. The summed E-state index contributed by atoms with van der Waals surface area (Å²) in [6, 6.07) is 5.22. The van der Waals surface area contributed by atoms with E-state index in [4.69, 9.17) is 9.84 Å². The van der Waals surface area contributed by atoms with Gasteiger partial charge in [0.15, 0.2) is 0 Å². The normalized spacial score (nSPS) is 24.1. The lowest BCUT2D eigenvalue weighted by Gasteiger charge is -2.37. The monoisotopic (exact) mass is 314 g/mol. The number of ether oxygens (including phenoxy) is 1. The number of rotatable bonds is 2. The molecule has 2 atom stereocenters. The average molecular weight is 315 g/mol. The summed E-state index contributed by atoms with van der Waals surface area (Å²) >= 11 is 3.25. The highest BCUT2D eigenvalue weighted by Gasteiger charge is 2.30. The van der Waals surface area contributed by atoms with E-state index >= 15 is 0 Å². The van der Waals surface area contributed by atoms with Crippen LogP contribution in [-0.2, 0) is 4.74 Å². The van der Waals surface area contributed by atoms with E-state index in [1.54, 1.807) is 23.1 Å². The third-order valence-electron chi connectivity index (χ3n) is 2.90. The lowest BCUT2D eigenvalue weighted by Crippen LogP contribution is -2.52. The summed E-state index contributed by atoms with van der Waals surface area (Å²) in [5.41, 5.74) is 0.398. The van der Waals surface area contributed by atoms with Crippen LogP contribution in [0.3, 0.4) is 0 Å². The molecule has 0 saturated carbocycles. The fourth-order valence-corrected chi connectivity index (χ4v) is 2.23. The third-order valence-corrected chi connectivity index (χ3v) is 3.35. The Morgan fingerprint density at radius 1 is 1.67 bits per heavy atom. The number of morpholine rings is 1. The second-order valence-electron chi connectivity index (χ2n) is 4.29. The van der Waals surface area contributed by atoms with Crippen LogP contribution in [0.5, 0.6) is 0 Å². The average Bonchev–Trinajstić information content (AvgIpc) is 2.38. The number of hydrogen-bond acceptors (Lipinski definition) is 4. The van der Waals surface area contributed by atoms with Gasteiger partial charge in [-0.25, -0.2) is 4.98 Å². The largest absolute Gasteiger partial charge is 0.394 e. The van der Waals surface area contributed by atoms with Crippen molar-refractivity contribution in [2.24, 2.45) is 0 Å². The van der Waals surface area contributed by atoms with Crippen LogP contribution in [0.4, 0.5) is 0 Å². The minimum atomic E-state index is -0.308. The Kier molecular flexibility index (Phi) is 4.31. The lowest BCUT2D eigenvalue weighted by atomic mass is 10.2. The minimum absolute atomic E-state index is 0.0129. The molecule has 6 heteroatoms. The molecule has 1 aromatic rings. The van der Waals surface area contributed by atoms with Gasteiger partial charge in [-0.2, -0.15) is 0 Å². The molecular formula is C12H15BrN2O3. The van der Waals surface area contributed by atoms with Gasteiger partial charge < -0.3 is 14.7 Å². The fraction of sp³-hybridized carbons (Fsp3) is 0.500. The number of aliphatic hydroxyl groups excluding tert-OH is 1. The zero-order valence-corrected chi connectivity index (χ0v) is 11.6. The van der Waals surface area contributed by atoms with E-state index in [1.165, 1.54) is 0 Å². The quantitative estimate of drug-likeness (QED) is 0.829. The number of nitrogens with zero attached hydrogens (tertiary/aromatic N) is 2. The number of pyridine rings is 1. The van der Waals surface area contributed by atoms with Crippen LogP contribution in [0, 0.1) is 0 Å². The molecule has 0 radical (unpaired) electrons. The van der Waals surface area contributed by atoms with Crippen LogP contribution >= 0.6 is 15.9 Å². The molecular weight excluding hydrogens is 300 g/mol. The van der Waals surface area contributed by atoms with E-state index in [2.05, 4.69) is 20.9 Å². The van der Waals surface area contributed by atoms with E-state index < -0.39 is 0 Å². The van der Waals surface area contributed by atoms with Gasteiger partial charge in [-0.3, -0.25) is 4.79 Å². The summed E-state index contributed by atoms with van der Waals surface area (Å²) < 4.78 is 6.04. The molecule has 5 nitrogen and oxygen atoms in total. The Balaban J connectivity index is 2.16. The number of carbonyl (C=O) groups excluding carboxylic acids is 1. The van der Waals surface area contributed by atoms with Gasteiger partial charge in [0.2, 0.25) is 0 Å².